The molecule has 4 aromatic rings. The van der Waals surface area contributed by atoms with E-state index < -0.39 is 0 Å². The summed E-state index contributed by atoms with van der Waals surface area (Å²) in [6, 6.07) is 20.3. The molecule has 0 spiro atoms. The first-order valence-electron chi connectivity index (χ1n) is 7.74. The quantitative estimate of drug-likeness (QED) is 0.560. The topological polar surface area (TPSA) is 48.9 Å². The number of hydrogen-bond donors (Lipinski definition) is 2. The Bertz CT molecular complexity index is 979. The van der Waals surface area contributed by atoms with E-state index in [-0.39, 0.29) is 6.61 Å². The molecule has 2 N–H and O–H groups in total. The number of aromatic nitrogens is 2. The number of H-pyrrole nitrogens is 1. The van der Waals surface area contributed by atoms with E-state index in [1.807, 2.05) is 54.9 Å². The molecule has 3 nitrogen and oxygen atoms in total. The Balaban J connectivity index is 1.85. The van der Waals surface area contributed by atoms with Crippen molar-refractivity contribution in [3.63, 3.8) is 0 Å². The summed E-state index contributed by atoms with van der Waals surface area (Å²) in [4.78, 5) is 10.1. The molecule has 24 heavy (non-hydrogen) atoms. The van der Waals surface area contributed by atoms with Gasteiger partial charge in [0.15, 0.2) is 0 Å². The smallest absolute Gasteiger partial charge is 0.139 e. The van der Waals surface area contributed by atoms with Gasteiger partial charge in [-0.1, -0.05) is 48.2 Å². The molecule has 0 bridgehead atoms. The van der Waals surface area contributed by atoms with Crippen molar-refractivity contribution < 1.29 is 5.11 Å². The minimum Gasteiger partial charge on any atom is -0.392 e. The Morgan fingerprint density at radius 1 is 1.00 bits per heavy atom. The number of aromatic amines is 1. The molecule has 118 valence electrons. The third kappa shape index (κ3) is 2.82. The fourth-order valence-electron chi connectivity index (χ4n) is 2.80. The Morgan fingerprint density at radius 3 is 2.71 bits per heavy atom. The summed E-state index contributed by atoms with van der Waals surface area (Å²) in [5.74, 6) is 0. The molecule has 0 saturated heterocycles. The number of hydrogen-bond acceptors (Lipinski definition) is 3. The zero-order valence-corrected chi connectivity index (χ0v) is 13.8. The average Bonchev–Trinajstić information content (AvgIpc) is 3.06. The normalized spacial score (nSPS) is 11.0. The largest absolute Gasteiger partial charge is 0.392 e. The van der Waals surface area contributed by atoms with Crippen molar-refractivity contribution in [2.24, 2.45) is 0 Å². The highest BCUT2D eigenvalue weighted by Gasteiger charge is 2.12. The molecular formula is C20H16N2OS. The number of fused-ring (bicyclic) bond motifs is 1. The summed E-state index contributed by atoms with van der Waals surface area (Å²) >= 11 is 1.72. The van der Waals surface area contributed by atoms with Crippen LogP contribution in [0.5, 0.6) is 0 Å². The van der Waals surface area contributed by atoms with Gasteiger partial charge in [-0.25, -0.2) is 4.98 Å². The van der Waals surface area contributed by atoms with Crippen LogP contribution in [0.15, 0.2) is 82.8 Å². The van der Waals surface area contributed by atoms with E-state index in [1.165, 1.54) is 4.90 Å². The number of nitrogens with one attached hydrogen (secondary N) is 1. The lowest BCUT2D eigenvalue weighted by atomic mass is 10.0. The summed E-state index contributed by atoms with van der Waals surface area (Å²) in [5, 5.41) is 10.5. The minimum atomic E-state index is 0.0425. The van der Waals surface area contributed by atoms with Crippen molar-refractivity contribution in [1.29, 1.82) is 0 Å². The van der Waals surface area contributed by atoms with E-state index in [9.17, 15) is 5.11 Å². The van der Waals surface area contributed by atoms with Crippen LogP contribution in [-0.4, -0.2) is 15.1 Å². The van der Waals surface area contributed by atoms with Crippen molar-refractivity contribution in [1.82, 2.24) is 9.97 Å². The number of aliphatic hydroxyl groups excluding tert-OH is 1. The summed E-state index contributed by atoms with van der Waals surface area (Å²) in [5.41, 5.74) is 3.99. The highest BCUT2D eigenvalue weighted by Crippen LogP contribution is 2.38. The van der Waals surface area contributed by atoms with Gasteiger partial charge >= 0.3 is 0 Å². The number of benzene rings is 2. The molecule has 2 aromatic carbocycles. The van der Waals surface area contributed by atoms with Gasteiger partial charge < -0.3 is 10.1 Å². The third-order valence-electron chi connectivity index (χ3n) is 3.93. The van der Waals surface area contributed by atoms with Crippen LogP contribution in [0, 0.1) is 0 Å². The maximum Gasteiger partial charge on any atom is 0.139 e. The van der Waals surface area contributed by atoms with Crippen LogP contribution in [0.25, 0.3) is 22.2 Å². The summed E-state index contributed by atoms with van der Waals surface area (Å²) in [6.07, 6.45) is 3.82. The fraction of sp³-hybridized carbons (Fsp3) is 0.0500. The van der Waals surface area contributed by atoms with Crippen LogP contribution in [0.4, 0.5) is 0 Å². The van der Waals surface area contributed by atoms with Crippen molar-refractivity contribution in [2.45, 2.75) is 16.4 Å². The molecule has 2 heterocycles. The number of nitrogens with zero attached hydrogens (tertiary/aromatic N) is 1. The number of aliphatic hydroxyl groups is 1. The summed E-state index contributed by atoms with van der Waals surface area (Å²) in [6.45, 7) is 0.0425. The maximum atomic E-state index is 9.41. The molecule has 0 fully saturated rings. The van der Waals surface area contributed by atoms with Gasteiger partial charge in [-0.05, 0) is 41.0 Å². The highest BCUT2D eigenvalue weighted by molar-refractivity contribution is 7.99. The molecule has 0 aliphatic heterocycles. The van der Waals surface area contributed by atoms with E-state index in [2.05, 4.69) is 28.2 Å². The second-order valence-corrected chi connectivity index (χ2v) is 6.62. The lowest BCUT2D eigenvalue weighted by molar-refractivity contribution is 0.282. The lowest BCUT2D eigenvalue weighted by Crippen LogP contribution is -1.87. The van der Waals surface area contributed by atoms with Crippen LogP contribution in [0.3, 0.4) is 0 Å². The van der Waals surface area contributed by atoms with Gasteiger partial charge in [0, 0.05) is 27.6 Å². The van der Waals surface area contributed by atoms with E-state index >= 15 is 0 Å². The van der Waals surface area contributed by atoms with Crippen LogP contribution in [-0.2, 0) is 6.61 Å². The molecule has 0 aliphatic carbocycles. The van der Waals surface area contributed by atoms with Crippen LogP contribution in [0.1, 0.15) is 5.56 Å². The molecule has 0 amide bonds. The summed E-state index contributed by atoms with van der Waals surface area (Å²) in [7, 11) is 0. The van der Waals surface area contributed by atoms with Gasteiger partial charge in [0.1, 0.15) is 5.65 Å². The predicted molar refractivity (Wildman–Crippen MR) is 98.0 cm³/mol. The Labute approximate surface area is 144 Å². The number of pyridine rings is 1. The van der Waals surface area contributed by atoms with Crippen molar-refractivity contribution in [3.05, 3.63) is 78.6 Å². The van der Waals surface area contributed by atoms with Gasteiger partial charge in [-0.15, -0.1) is 0 Å². The molecular weight excluding hydrogens is 316 g/mol. The second-order valence-electron chi connectivity index (χ2n) is 5.51. The van der Waals surface area contributed by atoms with E-state index in [0.29, 0.717) is 0 Å². The molecule has 4 rings (SSSR count). The second kappa shape index (κ2) is 6.51. The molecule has 0 aliphatic rings. The van der Waals surface area contributed by atoms with E-state index in [1.54, 1.807) is 11.8 Å². The first-order chi connectivity index (χ1) is 11.8. The first-order valence-corrected chi connectivity index (χ1v) is 8.56. The Morgan fingerprint density at radius 2 is 1.88 bits per heavy atom. The van der Waals surface area contributed by atoms with Crippen LogP contribution >= 0.6 is 11.8 Å². The fourth-order valence-corrected chi connectivity index (χ4v) is 3.77. The number of rotatable bonds is 4. The standard InChI is InChI=1S/C20H16N2OS/c23-13-14-5-4-6-15(11-14)17-9-10-21-20-19(17)18(12-22-20)24-16-7-2-1-3-8-16/h1-12,23H,13H2,(H,21,22). The van der Waals surface area contributed by atoms with Gasteiger partial charge in [0.25, 0.3) is 0 Å². The SMILES string of the molecule is OCc1cccc(-c2ccnc3[nH]cc(Sc4ccccc4)c23)c1. The van der Waals surface area contributed by atoms with Crippen molar-refractivity contribution in [3.8, 4) is 11.1 Å². The third-order valence-corrected chi connectivity index (χ3v) is 4.98. The Hall–Kier alpha value is -2.56. The minimum absolute atomic E-state index is 0.0425. The zero-order chi connectivity index (χ0) is 16.4. The van der Waals surface area contributed by atoms with Gasteiger partial charge in [0.05, 0.1) is 6.61 Å². The molecule has 4 heteroatoms. The van der Waals surface area contributed by atoms with Gasteiger partial charge in [-0.3, -0.25) is 0 Å². The molecule has 0 unspecified atom stereocenters. The van der Waals surface area contributed by atoms with Gasteiger partial charge in [0.2, 0.25) is 0 Å². The monoisotopic (exact) mass is 332 g/mol. The predicted octanol–water partition coefficient (Wildman–Crippen LogP) is 4.87. The van der Waals surface area contributed by atoms with E-state index in [4.69, 9.17) is 0 Å². The molecule has 0 atom stereocenters. The van der Waals surface area contributed by atoms with Crippen LogP contribution < -0.4 is 0 Å². The molecule has 0 saturated carbocycles. The molecule has 2 aromatic heterocycles. The maximum absolute atomic E-state index is 9.41. The first kappa shape index (κ1) is 15.0. The van der Waals surface area contributed by atoms with Gasteiger partial charge in [-0.2, -0.15) is 0 Å². The zero-order valence-electron chi connectivity index (χ0n) is 12.9. The highest BCUT2D eigenvalue weighted by atomic mass is 32.2. The van der Waals surface area contributed by atoms with Crippen LogP contribution in [0.2, 0.25) is 0 Å². The van der Waals surface area contributed by atoms with Crippen molar-refractivity contribution >= 4 is 22.8 Å². The average molecular weight is 332 g/mol. The molecule has 0 radical (unpaired) electrons. The van der Waals surface area contributed by atoms with E-state index in [0.717, 1.165) is 32.6 Å². The lowest BCUT2D eigenvalue weighted by Gasteiger charge is -2.07. The Kier molecular flexibility index (Phi) is 4.07. The summed E-state index contributed by atoms with van der Waals surface area (Å²) < 4.78 is 0. The van der Waals surface area contributed by atoms with Crippen molar-refractivity contribution in [2.75, 3.05) is 0 Å².